The van der Waals surface area contributed by atoms with Gasteiger partial charge in [0, 0.05) is 12.0 Å². The Balaban J connectivity index is 2.67. The maximum Gasteiger partial charge on any atom is 0.408 e. The molecule has 1 aromatic rings. The summed E-state index contributed by atoms with van der Waals surface area (Å²) >= 11 is 0. The quantitative estimate of drug-likeness (QED) is 0.774. The van der Waals surface area contributed by atoms with Crippen molar-refractivity contribution in [3.63, 3.8) is 0 Å². The molecule has 0 spiro atoms. The predicted molar refractivity (Wildman–Crippen MR) is 99.3 cm³/mol. The summed E-state index contributed by atoms with van der Waals surface area (Å²) in [6.07, 6.45) is 0.882. The van der Waals surface area contributed by atoms with Gasteiger partial charge in [0.1, 0.15) is 5.60 Å². The molecular weight excluding hydrogens is 340 g/mol. The highest BCUT2D eigenvalue weighted by molar-refractivity contribution is 7.92. The highest BCUT2D eigenvalue weighted by Gasteiger charge is 2.20. The van der Waals surface area contributed by atoms with Crippen LogP contribution in [0, 0.1) is 5.92 Å². The standard InChI is InChI=1S/C18H28N2O4S/c1-14(2)16(20-17(21)24-18(3,4)5)11-12-25(22,23)19-13-15-9-7-6-8-10-15/h6-12,14,16,19H,13H2,1-5H3,(H,20,21)/b12-11+. The van der Waals surface area contributed by atoms with Crippen molar-refractivity contribution in [2.24, 2.45) is 5.92 Å². The average Bonchev–Trinajstić information content (AvgIpc) is 2.48. The lowest BCUT2D eigenvalue weighted by Crippen LogP contribution is -2.40. The fourth-order valence-corrected chi connectivity index (χ4v) is 2.74. The molecule has 2 N–H and O–H groups in total. The minimum Gasteiger partial charge on any atom is -0.444 e. The molecule has 140 valence electrons. The Kier molecular flexibility index (Phi) is 7.63. The summed E-state index contributed by atoms with van der Waals surface area (Å²) in [5, 5.41) is 3.76. The van der Waals surface area contributed by atoms with E-state index in [4.69, 9.17) is 4.74 Å². The fourth-order valence-electron chi connectivity index (χ4n) is 1.90. The minimum atomic E-state index is -3.60. The van der Waals surface area contributed by atoms with Crippen LogP contribution in [0.3, 0.4) is 0 Å². The molecule has 0 aliphatic carbocycles. The van der Waals surface area contributed by atoms with Gasteiger partial charge in [-0.05, 0) is 38.3 Å². The van der Waals surface area contributed by atoms with Crippen LogP contribution in [-0.4, -0.2) is 26.2 Å². The van der Waals surface area contributed by atoms with Crippen molar-refractivity contribution < 1.29 is 17.9 Å². The van der Waals surface area contributed by atoms with Crippen molar-refractivity contribution in [3.05, 3.63) is 47.4 Å². The lowest BCUT2D eigenvalue weighted by Gasteiger charge is -2.24. The Morgan fingerprint density at radius 2 is 1.80 bits per heavy atom. The molecule has 1 atom stereocenters. The van der Waals surface area contributed by atoms with E-state index in [2.05, 4.69) is 10.0 Å². The number of rotatable bonds is 7. The van der Waals surface area contributed by atoms with Gasteiger partial charge in [0.2, 0.25) is 10.0 Å². The highest BCUT2D eigenvalue weighted by Crippen LogP contribution is 2.10. The Morgan fingerprint density at radius 3 is 2.32 bits per heavy atom. The van der Waals surface area contributed by atoms with Crippen LogP contribution in [0.5, 0.6) is 0 Å². The molecule has 0 bridgehead atoms. The third-order valence-corrected chi connectivity index (χ3v) is 4.25. The first-order valence-electron chi connectivity index (χ1n) is 8.20. The van der Waals surface area contributed by atoms with Crippen LogP contribution in [0.25, 0.3) is 0 Å². The maximum absolute atomic E-state index is 12.1. The zero-order chi connectivity index (χ0) is 19.1. The van der Waals surface area contributed by atoms with Crippen LogP contribution in [0.2, 0.25) is 0 Å². The summed E-state index contributed by atoms with van der Waals surface area (Å²) in [5.74, 6) is 0.00749. The van der Waals surface area contributed by atoms with Gasteiger partial charge >= 0.3 is 6.09 Å². The van der Waals surface area contributed by atoms with Gasteiger partial charge in [-0.2, -0.15) is 0 Å². The predicted octanol–water partition coefficient (Wildman–Crippen LogP) is 3.17. The van der Waals surface area contributed by atoms with Crippen molar-refractivity contribution in [3.8, 4) is 0 Å². The van der Waals surface area contributed by atoms with Crippen molar-refractivity contribution >= 4 is 16.1 Å². The van der Waals surface area contributed by atoms with E-state index in [1.807, 2.05) is 44.2 Å². The first kappa shape index (κ1) is 21.2. The zero-order valence-electron chi connectivity index (χ0n) is 15.4. The molecular formula is C18H28N2O4S. The minimum absolute atomic E-state index is 0.00749. The Labute approximate surface area is 150 Å². The van der Waals surface area contributed by atoms with Crippen LogP contribution in [-0.2, 0) is 21.3 Å². The van der Waals surface area contributed by atoms with Crippen molar-refractivity contribution in [1.29, 1.82) is 0 Å². The molecule has 7 heteroatoms. The fraction of sp³-hybridized carbons (Fsp3) is 0.500. The molecule has 0 saturated carbocycles. The Hall–Kier alpha value is -1.86. The van der Waals surface area contributed by atoms with Crippen molar-refractivity contribution in [2.75, 3.05) is 0 Å². The van der Waals surface area contributed by atoms with Gasteiger partial charge in [-0.3, -0.25) is 0 Å². The molecule has 0 aliphatic heterocycles. The van der Waals surface area contributed by atoms with Crippen LogP contribution >= 0.6 is 0 Å². The van der Waals surface area contributed by atoms with Crippen molar-refractivity contribution in [2.45, 2.75) is 52.8 Å². The molecule has 1 unspecified atom stereocenters. The Bertz CT molecular complexity index is 677. The van der Waals surface area contributed by atoms with E-state index in [1.165, 1.54) is 6.08 Å². The molecule has 1 amide bonds. The molecule has 25 heavy (non-hydrogen) atoms. The maximum atomic E-state index is 12.1. The van der Waals surface area contributed by atoms with Gasteiger partial charge in [-0.25, -0.2) is 17.9 Å². The number of alkyl carbamates (subject to hydrolysis) is 1. The number of hydrogen-bond donors (Lipinski definition) is 2. The number of carbonyl (C=O) groups is 1. The number of sulfonamides is 1. The van der Waals surface area contributed by atoms with Crippen molar-refractivity contribution in [1.82, 2.24) is 10.0 Å². The van der Waals surface area contributed by atoms with Crippen LogP contribution in [0.1, 0.15) is 40.2 Å². The van der Waals surface area contributed by atoms with E-state index < -0.39 is 27.8 Å². The van der Waals surface area contributed by atoms with E-state index in [9.17, 15) is 13.2 Å². The second-order valence-corrected chi connectivity index (χ2v) is 8.75. The summed E-state index contributed by atoms with van der Waals surface area (Å²) in [5.41, 5.74) is 0.255. The van der Waals surface area contributed by atoms with Gasteiger partial charge in [0.25, 0.3) is 0 Å². The second-order valence-electron chi connectivity index (χ2n) is 7.10. The van der Waals surface area contributed by atoms with Crippen LogP contribution in [0.4, 0.5) is 4.79 Å². The van der Waals surface area contributed by atoms with E-state index in [0.717, 1.165) is 11.0 Å². The number of benzene rings is 1. The number of carbonyl (C=O) groups excluding carboxylic acids is 1. The number of hydrogen-bond acceptors (Lipinski definition) is 4. The molecule has 0 saturated heterocycles. The molecule has 1 aromatic carbocycles. The first-order valence-corrected chi connectivity index (χ1v) is 9.74. The lowest BCUT2D eigenvalue weighted by atomic mass is 10.1. The SMILES string of the molecule is CC(C)C(/C=C/S(=O)(=O)NCc1ccccc1)NC(=O)OC(C)(C)C. The van der Waals surface area contributed by atoms with Gasteiger partial charge in [-0.15, -0.1) is 0 Å². The lowest BCUT2D eigenvalue weighted by molar-refractivity contribution is 0.0504. The summed E-state index contributed by atoms with van der Waals surface area (Å²) in [6, 6.07) is 8.79. The second kappa shape index (κ2) is 9.01. The third kappa shape index (κ3) is 9.26. The van der Waals surface area contributed by atoms with Crippen LogP contribution in [0.15, 0.2) is 41.8 Å². The highest BCUT2D eigenvalue weighted by atomic mass is 32.2. The summed E-state index contributed by atoms with van der Waals surface area (Å²) in [6.45, 7) is 9.28. The van der Waals surface area contributed by atoms with E-state index in [1.54, 1.807) is 20.8 Å². The summed E-state index contributed by atoms with van der Waals surface area (Å²) < 4.78 is 31.9. The molecule has 0 aromatic heterocycles. The molecule has 1 rings (SSSR count). The van der Waals surface area contributed by atoms with Gasteiger partial charge in [0.15, 0.2) is 0 Å². The van der Waals surface area contributed by atoms with E-state index in [-0.39, 0.29) is 12.5 Å². The largest absolute Gasteiger partial charge is 0.444 e. The van der Waals surface area contributed by atoms with Gasteiger partial charge in [-0.1, -0.05) is 44.2 Å². The monoisotopic (exact) mass is 368 g/mol. The number of nitrogens with one attached hydrogen (secondary N) is 2. The number of amides is 1. The summed E-state index contributed by atoms with van der Waals surface area (Å²) in [4.78, 5) is 11.9. The first-order chi connectivity index (χ1) is 11.5. The molecule has 0 aliphatic rings. The van der Waals surface area contributed by atoms with E-state index in [0.29, 0.717) is 0 Å². The van der Waals surface area contributed by atoms with Gasteiger partial charge < -0.3 is 10.1 Å². The Morgan fingerprint density at radius 1 is 1.20 bits per heavy atom. The molecule has 6 nitrogen and oxygen atoms in total. The number of ether oxygens (including phenoxy) is 1. The third-order valence-electron chi connectivity index (χ3n) is 3.19. The summed E-state index contributed by atoms with van der Waals surface area (Å²) in [7, 11) is -3.60. The topological polar surface area (TPSA) is 84.5 Å². The normalized spacial score (nSPS) is 13.8. The van der Waals surface area contributed by atoms with Gasteiger partial charge in [0.05, 0.1) is 6.04 Å². The molecule has 0 radical (unpaired) electrons. The molecule has 0 heterocycles. The van der Waals surface area contributed by atoms with Crippen LogP contribution < -0.4 is 10.0 Å². The average molecular weight is 368 g/mol. The molecule has 0 fully saturated rings. The van der Waals surface area contributed by atoms with E-state index >= 15 is 0 Å². The smallest absolute Gasteiger partial charge is 0.408 e. The zero-order valence-corrected chi connectivity index (χ0v) is 16.3.